The van der Waals surface area contributed by atoms with E-state index in [1.54, 1.807) is 12.1 Å². The molecule has 0 unspecified atom stereocenters. The number of nitrogens with zero attached hydrogens (tertiary/aromatic N) is 1. The quantitative estimate of drug-likeness (QED) is 0.580. The second-order valence-electron chi connectivity index (χ2n) is 5.53. The van der Waals surface area contributed by atoms with Crippen molar-refractivity contribution < 1.29 is 32.2 Å². The van der Waals surface area contributed by atoms with E-state index in [1.165, 1.54) is 11.0 Å². The van der Waals surface area contributed by atoms with Crippen molar-refractivity contribution in [1.82, 2.24) is 0 Å². The molecule has 3 rings (SSSR count). The van der Waals surface area contributed by atoms with Gasteiger partial charge < -0.3 is 14.4 Å². The number of benzene rings is 2. The smallest absolute Gasteiger partial charge is 0.494 e. The fraction of sp³-hybridized carbons (Fsp3) is 0.222. The number of hydrogen-bond acceptors (Lipinski definition) is 4. The summed E-state index contributed by atoms with van der Waals surface area (Å²) >= 11 is 0. The SMILES string of the molecule is O=C1C(=O)N(CCCOc2ccccc2)c2ccc(OC(F)(F)F)cc21. The number of rotatable bonds is 6. The molecule has 2 aromatic rings. The van der Waals surface area contributed by atoms with Gasteiger partial charge >= 0.3 is 6.36 Å². The summed E-state index contributed by atoms with van der Waals surface area (Å²) in [6, 6.07) is 12.4. The first-order valence-electron chi connectivity index (χ1n) is 7.79. The summed E-state index contributed by atoms with van der Waals surface area (Å²) in [5, 5.41) is 0. The predicted molar refractivity (Wildman–Crippen MR) is 86.4 cm³/mol. The first kappa shape index (κ1) is 17.8. The van der Waals surface area contributed by atoms with E-state index in [9.17, 15) is 22.8 Å². The zero-order valence-electron chi connectivity index (χ0n) is 13.5. The van der Waals surface area contributed by atoms with Gasteiger partial charge in [-0.1, -0.05) is 18.2 Å². The highest BCUT2D eigenvalue weighted by Crippen LogP contribution is 2.34. The Kier molecular flexibility index (Phi) is 4.83. The number of Topliss-reactive ketones (excluding diaryl/α,β-unsaturated/α-hetero) is 1. The highest BCUT2D eigenvalue weighted by atomic mass is 19.4. The zero-order chi connectivity index (χ0) is 18.7. The number of ketones is 1. The van der Waals surface area contributed by atoms with Gasteiger partial charge in [-0.25, -0.2) is 0 Å². The van der Waals surface area contributed by atoms with Gasteiger partial charge in [0, 0.05) is 6.54 Å². The lowest BCUT2D eigenvalue weighted by Gasteiger charge is -2.17. The lowest BCUT2D eigenvalue weighted by molar-refractivity contribution is -0.274. The molecule has 1 heterocycles. The third-order valence-corrected chi connectivity index (χ3v) is 3.71. The van der Waals surface area contributed by atoms with Crippen molar-refractivity contribution in [2.45, 2.75) is 12.8 Å². The third kappa shape index (κ3) is 3.96. The van der Waals surface area contributed by atoms with E-state index in [1.807, 2.05) is 18.2 Å². The summed E-state index contributed by atoms with van der Waals surface area (Å²) < 4.78 is 46.2. The van der Waals surface area contributed by atoms with Gasteiger partial charge in [-0.3, -0.25) is 9.59 Å². The molecule has 0 radical (unpaired) electrons. The molecular formula is C18H14F3NO4. The maximum atomic E-state index is 12.3. The largest absolute Gasteiger partial charge is 0.573 e. The van der Waals surface area contributed by atoms with Crippen LogP contribution in [0.5, 0.6) is 11.5 Å². The Bertz CT molecular complexity index is 821. The minimum absolute atomic E-state index is 0.0965. The van der Waals surface area contributed by atoms with Crippen LogP contribution in [0.4, 0.5) is 18.9 Å². The predicted octanol–water partition coefficient (Wildman–Crippen LogP) is 3.58. The number of ether oxygens (including phenoxy) is 2. The molecule has 5 nitrogen and oxygen atoms in total. The molecule has 0 spiro atoms. The number of halogens is 3. The molecule has 0 atom stereocenters. The van der Waals surface area contributed by atoms with Gasteiger partial charge in [0.15, 0.2) is 0 Å². The second kappa shape index (κ2) is 7.07. The second-order valence-corrected chi connectivity index (χ2v) is 5.53. The van der Waals surface area contributed by atoms with Crippen LogP contribution in [0.15, 0.2) is 48.5 Å². The van der Waals surface area contributed by atoms with E-state index in [-0.39, 0.29) is 17.8 Å². The Hall–Kier alpha value is -3.03. The van der Waals surface area contributed by atoms with Gasteiger partial charge in [0.2, 0.25) is 0 Å². The zero-order valence-corrected chi connectivity index (χ0v) is 13.5. The minimum atomic E-state index is -4.87. The van der Waals surface area contributed by atoms with Gasteiger partial charge in [0.1, 0.15) is 11.5 Å². The fourth-order valence-corrected chi connectivity index (χ4v) is 2.63. The maximum Gasteiger partial charge on any atom is 0.573 e. The number of para-hydroxylation sites is 1. The Morgan fingerprint density at radius 3 is 2.38 bits per heavy atom. The van der Waals surface area contributed by atoms with Gasteiger partial charge in [0.25, 0.3) is 11.7 Å². The molecule has 0 aliphatic carbocycles. The molecule has 0 saturated heterocycles. The van der Waals surface area contributed by atoms with E-state index in [4.69, 9.17) is 4.74 Å². The number of hydrogen-bond donors (Lipinski definition) is 0. The van der Waals surface area contributed by atoms with Crippen molar-refractivity contribution in [2.75, 3.05) is 18.1 Å². The summed E-state index contributed by atoms with van der Waals surface area (Å²) in [6.45, 7) is 0.538. The molecule has 1 amide bonds. The van der Waals surface area contributed by atoms with E-state index >= 15 is 0 Å². The minimum Gasteiger partial charge on any atom is -0.494 e. The molecule has 0 bridgehead atoms. The van der Waals surface area contributed by atoms with Gasteiger partial charge in [-0.15, -0.1) is 13.2 Å². The van der Waals surface area contributed by atoms with Crippen molar-refractivity contribution in [2.24, 2.45) is 0 Å². The molecule has 0 aromatic heterocycles. The van der Waals surface area contributed by atoms with Crippen LogP contribution in [0.2, 0.25) is 0 Å². The van der Waals surface area contributed by atoms with E-state index < -0.39 is 23.8 Å². The Labute approximate surface area is 146 Å². The normalized spacial score (nSPS) is 13.7. The van der Waals surface area contributed by atoms with E-state index in [2.05, 4.69) is 4.74 Å². The molecule has 0 fully saturated rings. The maximum absolute atomic E-state index is 12.3. The standard InChI is InChI=1S/C18H14F3NO4/c19-18(20,21)26-13-7-8-15-14(11-13)16(23)17(24)22(15)9-4-10-25-12-5-2-1-3-6-12/h1-3,5-8,11H,4,9-10H2. The monoisotopic (exact) mass is 365 g/mol. The number of amides is 1. The Morgan fingerprint density at radius 1 is 0.962 bits per heavy atom. The van der Waals surface area contributed by atoms with Crippen LogP contribution in [0.3, 0.4) is 0 Å². The van der Waals surface area contributed by atoms with Crippen LogP contribution in [-0.4, -0.2) is 31.2 Å². The highest BCUT2D eigenvalue weighted by molar-refractivity contribution is 6.52. The number of carbonyl (C=O) groups excluding carboxylic acids is 2. The molecule has 0 saturated carbocycles. The molecular weight excluding hydrogens is 351 g/mol. The number of alkyl halides is 3. The van der Waals surface area contributed by atoms with Crippen molar-refractivity contribution >= 4 is 17.4 Å². The van der Waals surface area contributed by atoms with Crippen LogP contribution >= 0.6 is 0 Å². The summed E-state index contributed by atoms with van der Waals surface area (Å²) in [5.74, 6) is -1.47. The topological polar surface area (TPSA) is 55.8 Å². The molecule has 2 aromatic carbocycles. The number of anilines is 1. The van der Waals surface area contributed by atoms with Gasteiger partial charge in [0.05, 0.1) is 17.9 Å². The van der Waals surface area contributed by atoms with Crippen molar-refractivity contribution in [3.05, 3.63) is 54.1 Å². The van der Waals surface area contributed by atoms with Crippen LogP contribution in [-0.2, 0) is 4.79 Å². The average molecular weight is 365 g/mol. The van der Waals surface area contributed by atoms with Crippen LogP contribution in [0, 0.1) is 0 Å². The molecule has 136 valence electrons. The Morgan fingerprint density at radius 2 is 1.69 bits per heavy atom. The van der Waals surface area contributed by atoms with Crippen LogP contribution in [0.1, 0.15) is 16.8 Å². The molecule has 1 aliphatic heterocycles. The summed E-state index contributed by atoms with van der Waals surface area (Å²) in [5.41, 5.74) is 0.176. The first-order chi connectivity index (χ1) is 12.3. The van der Waals surface area contributed by atoms with Gasteiger partial charge in [-0.2, -0.15) is 0 Å². The average Bonchev–Trinajstić information content (AvgIpc) is 2.82. The summed E-state index contributed by atoms with van der Waals surface area (Å²) in [4.78, 5) is 25.4. The lowest BCUT2D eigenvalue weighted by atomic mass is 10.1. The Balaban J connectivity index is 1.65. The van der Waals surface area contributed by atoms with Crippen LogP contribution < -0.4 is 14.4 Å². The summed E-state index contributed by atoms with van der Waals surface area (Å²) in [6.07, 6.45) is -4.41. The first-order valence-corrected chi connectivity index (χ1v) is 7.79. The van der Waals surface area contributed by atoms with E-state index in [0.29, 0.717) is 18.8 Å². The van der Waals surface area contributed by atoms with Crippen LogP contribution in [0.25, 0.3) is 0 Å². The van der Waals surface area contributed by atoms with Gasteiger partial charge in [-0.05, 0) is 36.8 Å². The molecule has 26 heavy (non-hydrogen) atoms. The molecule has 1 aliphatic rings. The summed E-state index contributed by atoms with van der Waals surface area (Å²) in [7, 11) is 0. The molecule has 8 heteroatoms. The number of fused-ring (bicyclic) bond motifs is 1. The lowest BCUT2D eigenvalue weighted by Crippen LogP contribution is -2.31. The number of carbonyl (C=O) groups is 2. The fourth-order valence-electron chi connectivity index (χ4n) is 2.63. The van der Waals surface area contributed by atoms with E-state index in [0.717, 1.165) is 12.1 Å². The third-order valence-electron chi connectivity index (χ3n) is 3.71. The molecule has 0 N–H and O–H groups in total. The van der Waals surface area contributed by atoms with Crippen molar-refractivity contribution in [3.63, 3.8) is 0 Å². The highest BCUT2D eigenvalue weighted by Gasteiger charge is 2.37. The van der Waals surface area contributed by atoms with Crippen molar-refractivity contribution in [1.29, 1.82) is 0 Å². The van der Waals surface area contributed by atoms with Crippen molar-refractivity contribution in [3.8, 4) is 11.5 Å².